The highest BCUT2D eigenvalue weighted by Gasteiger charge is 2.25. The molecular formula is C16H21NO2. The van der Waals surface area contributed by atoms with Crippen LogP contribution in [0.15, 0.2) is 18.2 Å². The van der Waals surface area contributed by atoms with Crippen LogP contribution < -0.4 is 0 Å². The molecule has 0 aromatic heterocycles. The molecule has 0 saturated carbocycles. The van der Waals surface area contributed by atoms with Crippen LogP contribution in [0, 0.1) is 5.92 Å². The van der Waals surface area contributed by atoms with Crippen molar-refractivity contribution in [3.05, 3.63) is 34.9 Å². The highest BCUT2D eigenvalue weighted by atomic mass is 16.4. The van der Waals surface area contributed by atoms with Crippen LogP contribution in [0.1, 0.15) is 36.0 Å². The van der Waals surface area contributed by atoms with E-state index in [9.17, 15) is 4.79 Å². The van der Waals surface area contributed by atoms with Crippen LogP contribution in [-0.4, -0.2) is 29.1 Å². The van der Waals surface area contributed by atoms with Crippen LogP contribution in [0.2, 0.25) is 0 Å². The Morgan fingerprint density at radius 2 is 2.11 bits per heavy atom. The summed E-state index contributed by atoms with van der Waals surface area (Å²) in [5.41, 5.74) is 4.35. The van der Waals surface area contributed by atoms with Gasteiger partial charge in [0.15, 0.2) is 0 Å². The van der Waals surface area contributed by atoms with Gasteiger partial charge in [-0.3, -0.25) is 9.69 Å². The van der Waals surface area contributed by atoms with Crippen molar-refractivity contribution in [2.75, 3.05) is 13.1 Å². The average molecular weight is 259 g/mol. The number of nitrogens with zero attached hydrogens (tertiary/aromatic N) is 1. The number of benzene rings is 1. The molecule has 1 aliphatic carbocycles. The number of hydrogen-bond acceptors (Lipinski definition) is 2. The van der Waals surface area contributed by atoms with E-state index in [0.717, 1.165) is 25.9 Å². The van der Waals surface area contributed by atoms with E-state index in [1.807, 2.05) is 0 Å². The van der Waals surface area contributed by atoms with Gasteiger partial charge in [-0.2, -0.15) is 0 Å². The first kappa shape index (κ1) is 12.7. The van der Waals surface area contributed by atoms with E-state index >= 15 is 0 Å². The van der Waals surface area contributed by atoms with Gasteiger partial charge in [0.1, 0.15) is 0 Å². The summed E-state index contributed by atoms with van der Waals surface area (Å²) in [7, 11) is 0. The Morgan fingerprint density at radius 1 is 1.26 bits per heavy atom. The minimum atomic E-state index is -0.640. The van der Waals surface area contributed by atoms with Gasteiger partial charge < -0.3 is 5.11 Å². The lowest BCUT2D eigenvalue weighted by Gasteiger charge is -2.30. The second kappa shape index (κ2) is 5.33. The van der Waals surface area contributed by atoms with Crippen LogP contribution in [0.3, 0.4) is 0 Å². The van der Waals surface area contributed by atoms with E-state index in [2.05, 4.69) is 23.1 Å². The Morgan fingerprint density at radius 3 is 2.95 bits per heavy atom. The molecule has 1 N–H and O–H groups in total. The number of likely N-dealkylation sites (tertiary alicyclic amines) is 1. The molecule has 1 aromatic carbocycles. The van der Waals surface area contributed by atoms with E-state index in [-0.39, 0.29) is 5.92 Å². The summed E-state index contributed by atoms with van der Waals surface area (Å²) < 4.78 is 0. The Labute approximate surface area is 114 Å². The van der Waals surface area contributed by atoms with E-state index in [4.69, 9.17) is 5.11 Å². The first-order valence-electron chi connectivity index (χ1n) is 7.28. The minimum Gasteiger partial charge on any atom is -0.481 e. The summed E-state index contributed by atoms with van der Waals surface area (Å²) in [4.78, 5) is 13.4. The molecule has 1 saturated heterocycles. The number of fused-ring (bicyclic) bond motifs is 1. The van der Waals surface area contributed by atoms with Crippen LogP contribution in [-0.2, 0) is 24.2 Å². The zero-order valence-electron chi connectivity index (χ0n) is 11.3. The molecule has 1 fully saturated rings. The summed E-state index contributed by atoms with van der Waals surface area (Å²) in [5.74, 6) is -0.818. The summed E-state index contributed by atoms with van der Waals surface area (Å²) in [6.45, 7) is 2.63. The van der Waals surface area contributed by atoms with Gasteiger partial charge in [0.05, 0.1) is 5.92 Å². The summed E-state index contributed by atoms with van der Waals surface area (Å²) in [5, 5.41) is 9.12. The highest BCUT2D eigenvalue weighted by Crippen LogP contribution is 2.24. The number of carboxylic acids is 1. The van der Waals surface area contributed by atoms with Crippen molar-refractivity contribution in [2.45, 2.75) is 38.6 Å². The molecule has 0 amide bonds. The fourth-order valence-electron chi connectivity index (χ4n) is 3.38. The van der Waals surface area contributed by atoms with Crippen LogP contribution >= 0.6 is 0 Å². The number of rotatable bonds is 3. The van der Waals surface area contributed by atoms with Gasteiger partial charge in [-0.1, -0.05) is 18.2 Å². The molecule has 3 nitrogen and oxygen atoms in total. The topological polar surface area (TPSA) is 40.5 Å². The van der Waals surface area contributed by atoms with Gasteiger partial charge in [0.25, 0.3) is 0 Å². The lowest BCUT2D eigenvalue weighted by Crippen LogP contribution is -2.38. The van der Waals surface area contributed by atoms with E-state index in [1.165, 1.54) is 36.0 Å². The average Bonchev–Trinajstić information content (AvgIpc) is 2.86. The van der Waals surface area contributed by atoms with Crippen LogP contribution in [0.25, 0.3) is 0 Å². The number of piperidine rings is 1. The lowest BCUT2D eigenvalue weighted by molar-refractivity contribution is -0.143. The maximum Gasteiger partial charge on any atom is 0.307 e. The highest BCUT2D eigenvalue weighted by molar-refractivity contribution is 5.70. The summed E-state index contributed by atoms with van der Waals surface area (Å²) in [6, 6.07) is 6.80. The molecule has 1 aromatic rings. The standard InChI is InChI=1S/C16H21NO2/c18-16(19)15-5-2-8-17(11-15)10-12-6-7-13-3-1-4-14(13)9-12/h6-7,9,15H,1-5,8,10-11H2,(H,18,19). The minimum absolute atomic E-state index is 0.178. The molecule has 0 radical (unpaired) electrons. The first-order valence-corrected chi connectivity index (χ1v) is 7.28. The second-order valence-corrected chi connectivity index (χ2v) is 5.87. The number of carbonyl (C=O) groups is 1. The third-order valence-electron chi connectivity index (χ3n) is 4.42. The van der Waals surface area contributed by atoms with Crippen LogP contribution in [0.4, 0.5) is 0 Å². The molecule has 19 heavy (non-hydrogen) atoms. The van der Waals surface area contributed by atoms with Crippen molar-refractivity contribution in [1.82, 2.24) is 4.90 Å². The number of hydrogen-bond donors (Lipinski definition) is 1. The largest absolute Gasteiger partial charge is 0.481 e. The molecule has 1 heterocycles. The predicted molar refractivity (Wildman–Crippen MR) is 74.1 cm³/mol. The Kier molecular flexibility index (Phi) is 3.56. The molecule has 1 unspecified atom stereocenters. The monoisotopic (exact) mass is 259 g/mol. The number of carboxylic acid groups (broad SMARTS) is 1. The summed E-state index contributed by atoms with van der Waals surface area (Å²) >= 11 is 0. The van der Waals surface area contributed by atoms with Crippen molar-refractivity contribution in [3.8, 4) is 0 Å². The van der Waals surface area contributed by atoms with Crippen LogP contribution in [0.5, 0.6) is 0 Å². The molecule has 1 aliphatic heterocycles. The molecule has 1 atom stereocenters. The maximum absolute atomic E-state index is 11.1. The van der Waals surface area contributed by atoms with Gasteiger partial charge in [0, 0.05) is 13.1 Å². The predicted octanol–water partition coefficient (Wildman–Crippen LogP) is 2.47. The summed E-state index contributed by atoms with van der Waals surface area (Å²) in [6.07, 6.45) is 5.54. The molecular weight excluding hydrogens is 238 g/mol. The maximum atomic E-state index is 11.1. The van der Waals surface area contributed by atoms with E-state index in [1.54, 1.807) is 0 Å². The molecule has 0 bridgehead atoms. The molecule has 3 rings (SSSR count). The zero-order valence-corrected chi connectivity index (χ0v) is 11.3. The van der Waals surface area contributed by atoms with Crippen molar-refractivity contribution in [1.29, 1.82) is 0 Å². The third kappa shape index (κ3) is 2.81. The smallest absolute Gasteiger partial charge is 0.307 e. The van der Waals surface area contributed by atoms with Gasteiger partial charge in [-0.15, -0.1) is 0 Å². The fraction of sp³-hybridized carbons (Fsp3) is 0.562. The SMILES string of the molecule is O=C(O)C1CCCN(Cc2ccc3c(c2)CCC3)C1. The van der Waals surface area contributed by atoms with Crippen molar-refractivity contribution >= 4 is 5.97 Å². The zero-order chi connectivity index (χ0) is 13.2. The van der Waals surface area contributed by atoms with E-state index in [0.29, 0.717) is 6.54 Å². The quantitative estimate of drug-likeness (QED) is 0.906. The molecule has 102 valence electrons. The van der Waals surface area contributed by atoms with Gasteiger partial charge in [0.2, 0.25) is 0 Å². The molecule has 3 heteroatoms. The van der Waals surface area contributed by atoms with Crippen molar-refractivity contribution in [3.63, 3.8) is 0 Å². The Bertz CT molecular complexity index is 484. The number of aliphatic carboxylic acids is 1. The van der Waals surface area contributed by atoms with Gasteiger partial charge in [-0.25, -0.2) is 0 Å². The van der Waals surface area contributed by atoms with Crippen molar-refractivity contribution < 1.29 is 9.90 Å². The third-order valence-corrected chi connectivity index (χ3v) is 4.42. The number of aryl methyl sites for hydroxylation is 2. The Balaban J connectivity index is 1.66. The first-order chi connectivity index (χ1) is 9.22. The van der Waals surface area contributed by atoms with E-state index < -0.39 is 5.97 Å². The van der Waals surface area contributed by atoms with Crippen molar-refractivity contribution in [2.24, 2.45) is 5.92 Å². The Hall–Kier alpha value is -1.35. The lowest BCUT2D eigenvalue weighted by atomic mass is 9.97. The fourth-order valence-corrected chi connectivity index (χ4v) is 3.38. The second-order valence-electron chi connectivity index (χ2n) is 5.87. The normalized spacial score (nSPS) is 23.3. The molecule has 0 spiro atoms. The van der Waals surface area contributed by atoms with Gasteiger partial charge >= 0.3 is 5.97 Å². The molecule has 2 aliphatic rings. The van der Waals surface area contributed by atoms with Gasteiger partial charge in [-0.05, 0) is 55.3 Å².